The van der Waals surface area contributed by atoms with Gasteiger partial charge in [0.05, 0.1) is 13.1 Å². The van der Waals surface area contributed by atoms with E-state index >= 15 is 0 Å². The molecule has 0 spiro atoms. The Bertz CT molecular complexity index is 523. The van der Waals surface area contributed by atoms with E-state index in [-0.39, 0.29) is 35.1 Å². The van der Waals surface area contributed by atoms with Crippen LogP contribution in [0.3, 0.4) is 0 Å². The van der Waals surface area contributed by atoms with Crippen LogP contribution in [0, 0.1) is 0 Å². The molecular formula is C12H9NaO3. The molecule has 16 heavy (non-hydrogen) atoms. The second-order valence-electron chi connectivity index (χ2n) is 3.15. The molecule has 2 aromatic carbocycles. The fourth-order valence-corrected chi connectivity index (χ4v) is 1.62. The molecule has 3 nitrogen and oxygen atoms in total. The zero-order valence-electron chi connectivity index (χ0n) is 9.19. The zero-order valence-corrected chi connectivity index (χ0v) is 11.2. The molecule has 0 bridgehead atoms. The quantitative estimate of drug-likeness (QED) is 0.566. The Morgan fingerprint density at radius 3 is 2.50 bits per heavy atom. The third-order valence-corrected chi connectivity index (χ3v) is 2.30. The molecule has 2 aromatic rings. The van der Waals surface area contributed by atoms with Crippen LogP contribution in [0.2, 0.25) is 0 Å². The number of aromatic carboxylic acids is 1. The van der Waals surface area contributed by atoms with E-state index < -0.39 is 5.97 Å². The summed E-state index contributed by atoms with van der Waals surface area (Å²) in [6.07, 6.45) is 0. The number of hydrogen-bond acceptors (Lipinski definition) is 3. The van der Waals surface area contributed by atoms with E-state index in [0.717, 1.165) is 10.8 Å². The predicted molar refractivity (Wildman–Crippen MR) is 54.8 cm³/mol. The second kappa shape index (κ2) is 5.34. The molecule has 0 atom stereocenters. The van der Waals surface area contributed by atoms with Crippen molar-refractivity contribution in [3.63, 3.8) is 0 Å². The van der Waals surface area contributed by atoms with Gasteiger partial charge in [0.2, 0.25) is 0 Å². The number of methoxy groups -OCH3 is 1. The first kappa shape index (κ1) is 13.0. The molecule has 0 amide bonds. The van der Waals surface area contributed by atoms with Crippen LogP contribution in [0.15, 0.2) is 36.4 Å². The third kappa shape index (κ3) is 2.21. The molecule has 0 aliphatic rings. The number of rotatable bonds is 2. The van der Waals surface area contributed by atoms with Gasteiger partial charge in [-0.25, -0.2) is 0 Å². The number of carbonyl (C=O) groups is 1. The van der Waals surface area contributed by atoms with Gasteiger partial charge < -0.3 is 14.6 Å². The summed E-state index contributed by atoms with van der Waals surface area (Å²) in [5.41, 5.74) is 0.0798. The Kier molecular flexibility index (Phi) is 4.35. The molecule has 0 aromatic heterocycles. The van der Waals surface area contributed by atoms with Crippen molar-refractivity contribution in [2.75, 3.05) is 7.11 Å². The number of hydrogen-bond donors (Lipinski definition) is 0. The normalized spacial score (nSPS) is 9.56. The van der Waals surface area contributed by atoms with Gasteiger partial charge in [-0.1, -0.05) is 30.3 Å². The van der Waals surface area contributed by atoms with Crippen LogP contribution in [-0.2, 0) is 0 Å². The average Bonchev–Trinajstić information content (AvgIpc) is 2.27. The Labute approximate surface area is 115 Å². The first-order chi connectivity index (χ1) is 7.24. The van der Waals surface area contributed by atoms with E-state index in [1.165, 1.54) is 13.2 Å². The van der Waals surface area contributed by atoms with Crippen molar-refractivity contribution < 1.29 is 44.2 Å². The number of carbonyl (C=O) groups excluding carboxylic acids is 1. The van der Waals surface area contributed by atoms with Crippen molar-refractivity contribution in [3.8, 4) is 5.75 Å². The first-order valence-electron chi connectivity index (χ1n) is 4.51. The topological polar surface area (TPSA) is 49.4 Å². The van der Waals surface area contributed by atoms with Crippen molar-refractivity contribution in [3.05, 3.63) is 42.0 Å². The standard InChI is InChI=1S/C12H10O3.Na/c1-15-11-9-5-3-2-4-8(9)6-7-10(11)12(13)14;/h2-7H,1H3,(H,13,14);/q;+1/p-1. The summed E-state index contributed by atoms with van der Waals surface area (Å²) in [5.74, 6) is -0.870. The SMILES string of the molecule is COc1c(C(=O)[O-])ccc2ccccc12.[Na+]. The maximum atomic E-state index is 10.8. The monoisotopic (exact) mass is 224 g/mol. The summed E-state index contributed by atoms with van der Waals surface area (Å²) in [6.45, 7) is 0. The molecular weight excluding hydrogens is 215 g/mol. The molecule has 0 fully saturated rings. The summed E-state index contributed by atoms with van der Waals surface area (Å²) in [6, 6.07) is 10.7. The molecule has 0 saturated carbocycles. The third-order valence-electron chi connectivity index (χ3n) is 2.30. The number of carboxylic acid groups (broad SMARTS) is 1. The van der Waals surface area contributed by atoms with E-state index in [1.807, 2.05) is 24.3 Å². The van der Waals surface area contributed by atoms with Crippen LogP contribution in [0.5, 0.6) is 5.75 Å². The van der Waals surface area contributed by atoms with Gasteiger partial charge in [0.25, 0.3) is 0 Å². The van der Waals surface area contributed by atoms with Gasteiger partial charge in [0, 0.05) is 10.9 Å². The van der Waals surface area contributed by atoms with Crippen molar-refractivity contribution in [2.24, 2.45) is 0 Å². The van der Waals surface area contributed by atoms with Gasteiger partial charge in [-0.2, -0.15) is 0 Å². The fraction of sp³-hybridized carbons (Fsp3) is 0.0833. The van der Waals surface area contributed by atoms with Gasteiger partial charge in [-0.05, 0) is 11.5 Å². The van der Waals surface area contributed by atoms with Crippen molar-refractivity contribution in [1.82, 2.24) is 0 Å². The van der Waals surface area contributed by atoms with Gasteiger partial charge >= 0.3 is 29.6 Å². The molecule has 0 N–H and O–H groups in total. The molecule has 76 valence electrons. The van der Waals surface area contributed by atoms with Crippen LogP contribution < -0.4 is 39.4 Å². The van der Waals surface area contributed by atoms with Gasteiger partial charge in [0.15, 0.2) is 0 Å². The molecule has 2 rings (SSSR count). The molecule has 0 aliphatic carbocycles. The van der Waals surface area contributed by atoms with Crippen molar-refractivity contribution >= 4 is 16.7 Å². The van der Waals surface area contributed by atoms with Crippen LogP contribution in [0.4, 0.5) is 0 Å². The summed E-state index contributed by atoms with van der Waals surface area (Å²) in [7, 11) is 1.45. The van der Waals surface area contributed by atoms with E-state index in [4.69, 9.17) is 4.74 Å². The minimum Gasteiger partial charge on any atom is -0.545 e. The summed E-state index contributed by atoms with van der Waals surface area (Å²) < 4.78 is 5.10. The van der Waals surface area contributed by atoms with Gasteiger partial charge in [-0.15, -0.1) is 0 Å². The van der Waals surface area contributed by atoms with Crippen LogP contribution in [-0.4, -0.2) is 13.1 Å². The zero-order chi connectivity index (χ0) is 10.8. The predicted octanol–water partition coefficient (Wildman–Crippen LogP) is -1.78. The van der Waals surface area contributed by atoms with Crippen LogP contribution >= 0.6 is 0 Å². The summed E-state index contributed by atoms with van der Waals surface area (Å²) >= 11 is 0. The minimum atomic E-state index is -1.22. The molecule has 0 aliphatic heterocycles. The van der Waals surface area contributed by atoms with Gasteiger partial charge in [0.1, 0.15) is 5.75 Å². The summed E-state index contributed by atoms with van der Waals surface area (Å²) in [5, 5.41) is 12.6. The largest absolute Gasteiger partial charge is 1.00 e. The maximum absolute atomic E-state index is 10.8. The molecule has 0 radical (unpaired) electrons. The smallest absolute Gasteiger partial charge is 0.545 e. The van der Waals surface area contributed by atoms with E-state index in [0.29, 0.717) is 5.75 Å². The number of ether oxygens (including phenoxy) is 1. The Morgan fingerprint density at radius 1 is 1.19 bits per heavy atom. The van der Waals surface area contributed by atoms with E-state index in [9.17, 15) is 9.90 Å². The molecule has 0 unspecified atom stereocenters. The molecule has 0 heterocycles. The minimum absolute atomic E-state index is 0. The summed E-state index contributed by atoms with van der Waals surface area (Å²) in [4.78, 5) is 10.8. The Hall–Kier alpha value is -1.03. The average molecular weight is 224 g/mol. The Morgan fingerprint density at radius 2 is 1.88 bits per heavy atom. The maximum Gasteiger partial charge on any atom is 1.00 e. The second-order valence-corrected chi connectivity index (χ2v) is 3.15. The van der Waals surface area contributed by atoms with Gasteiger partial charge in [-0.3, -0.25) is 0 Å². The van der Waals surface area contributed by atoms with E-state index in [1.54, 1.807) is 6.07 Å². The Balaban J connectivity index is 0.00000128. The van der Waals surface area contributed by atoms with Crippen LogP contribution in [0.25, 0.3) is 10.8 Å². The molecule has 0 saturated heterocycles. The first-order valence-corrected chi connectivity index (χ1v) is 4.51. The van der Waals surface area contributed by atoms with Crippen LogP contribution in [0.1, 0.15) is 10.4 Å². The molecule has 4 heteroatoms. The van der Waals surface area contributed by atoms with E-state index in [2.05, 4.69) is 0 Å². The number of fused-ring (bicyclic) bond motifs is 1. The van der Waals surface area contributed by atoms with Crippen molar-refractivity contribution in [1.29, 1.82) is 0 Å². The fourth-order valence-electron chi connectivity index (χ4n) is 1.62. The number of benzene rings is 2. The van der Waals surface area contributed by atoms with Crippen molar-refractivity contribution in [2.45, 2.75) is 0 Å². The number of carboxylic acids is 1.